The van der Waals surface area contributed by atoms with Gasteiger partial charge in [0.2, 0.25) is 0 Å². The highest BCUT2D eigenvalue weighted by atomic mass is 16.5. The number of hydrogen-bond acceptors (Lipinski definition) is 2. The first-order valence-electron chi connectivity index (χ1n) is 10.5. The van der Waals surface area contributed by atoms with Crippen molar-refractivity contribution in [2.45, 2.75) is 90.4 Å². The van der Waals surface area contributed by atoms with Crippen LogP contribution in [0, 0.1) is 5.92 Å². The number of cyclic esters (lactones) is 1. The van der Waals surface area contributed by atoms with Gasteiger partial charge in [-0.1, -0.05) is 69.7 Å². The molecule has 2 nitrogen and oxygen atoms in total. The maximum absolute atomic E-state index is 11.6. The van der Waals surface area contributed by atoms with Crippen LogP contribution >= 0.6 is 0 Å². The molecule has 1 fully saturated rings. The standard InChI is InChI=1S/C23H36O2/c1-2-3-11-20-15-17-21(18-16-20)12-8-6-4-5-7-9-13-22-14-10-19-25-23(22)24/h15-18,22H,2-14,19H2,1H3. The van der Waals surface area contributed by atoms with E-state index < -0.39 is 0 Å². The average Bonchev–Trinajstić information content (AvgIpc) is 2.64. The largest absolute Gasteiger partial charge is 0.465 e. The molecule has 0 aliphatic carbocycles. The molecule has 0 bridgehead atoms. The van der Waals surface area contributed by atoms with E-state index in [0.717, 1.165) is 19.3 Å². The molecule has 0 spiro atoms. The van der Waals surface area contributed by atoms with Crippen LogP contribution in [0.3, 0.4) is 0 Å². The zero-order valence-corrected chi connectivity index (χ0v) is 16.1. The lowest BCUT2D eigenvalue weighted by molar-refractivity contribution is -0.153. The van der Waals surface area contributed by atoms with Gasteiger partial charge in [0, 0.05) is 0 Å². The Kier molecular flexibility index (Phi) is 9.69. The molecule has 25 heavy (non-hydrogen) atoms. The van der Waals surface area contributed by atoms with E-state index in [1.807, 2.05) is 0 Å². The Morgan fingerprint density at radius 3 is 2.12 bits per heavy atom. The van der Waals surface area contributed by atoms with Crippen molar-refractivity contribution in [1.29, 1.82) is 0 Å². The van der Waals surface area contributed by atoms with Gasteiger partial charge in [0.15, 0.2) is 0 Å². The molecule has 1 aromatic carbocycles. The lowest BCUT2D eigenvalue weighted by atomic mass is 9.94. The maximum atomic E-state index is 11.6. The number of benzene rings is 1. The van der Waals surface area contributed by atoms with E-state index in [1.165, 1.54) is 75.3 Å². The molecule has 1 heterocycles. The predicted molar refractivity (Wildman–Crippen MR) is 105 cm³/mol. The summed E-state index contributed by atoms with van der Waals surface area (Å²) in [6.45, 7) is 2.88. The molecule has 1 unspecified atom stereocenters. The Morgan fingerprint density at radius 2 is 1.48 bits per heavy atom. The Labute approximate surface area is 154 Å². The molecule has 1 atom stereocenters. The lowest BCUT2D eigenvalue weighted by Gasteiger charge is -2.20. The van der Waals surface area contributed by atoms with E-state index in [2.05, 4.69) is 31.2 Å². The molecule has 140 valence electrons. The molecule has 0 saturated carbocycles. The third-order valence-corrected chi connectivity index (χ3v) is 5.38. The fourth-order valence-corrected chi connectivity index (χ4v) is 3.68. The van der Waals surface area contributed by atoms with Crippen LogP contribution in [0.25, 0.3) is 0 Å². The first-order valence-corrected chi connectivity index (χ1v) is 10.5. The minimum Gasteiger partial charge on any atom is -0.465 e. The number of hydrogen-bond donors (Lipinski definition) is 0. The Hall–Kier alpha value is -1.31. The van der Waals surface area contributed by atoms with E-state index >= 15 is 0 Å². The summed E-state index contributed by atoms with van der Waals surface area (Å²) < 4.78 is 5.13. The van der Waals surface area contributed by atoms with Gasteiger partial charge in [-0.15, -0.1) is 0 Å². The number of aryl methyl sites for hydroxylation is 2. The molecule has 1 saturated heterocycles. The number of esters is 1. The van der Waals surface area contributed by atoms with Crippen molar-refractivity contribution in [2.24, 2.45) is 5.92 Å². The van der Waals surface area contributed by atoms with Gasteiger partial charge in [-0.05, 0) is 56.1 Å². The van der Waals surface area contributed by atoms with Crippen LogP contribution in [0.5, 0.6) is 0 Å². The minimum atomic E-state index is 0.0481. The Morgan fingerprint density at radius 1 is 0.880 bits per heavy atom. The fraction of sp³-hybridized carbons (Fsp3) is 0.696. The molecule has 0 amide bonds. The molecular weight excluding hydrogens is 308 g/mol. The second-order valence-electron chi connectivity index (χ2n) is 7.59. The van der Waals surface area contributed by atoms with Gasteiger partial charge in [-0.2, -0.15) is 0 Å². The van der Waals surface area contributed by atoms with E-state index in [1.54, 1.807) is 0 Å². The van der Waals surface area contributed by atoms with E-state index in [-0.39, 0.29) is 11.9 Å². The minimum absolute atomic E-state index is 0.0481. The van der Waals surface area contributed by atoms with Crippen LogP contribution in [0.2, 0.25) is 0 Å². The Bertz CT molecular complexity index is 477. The zero-order valence-electron chi connectivity index (χ0n) is 16.1. The summed E-state index contributed by atoms with van der Waals surface area (Å²) in [5.41, 5.74) is 2.96. The molecule has 2 heteroatoms. The van der Waals surface area contributed by atoms with Crippen molar-refractivity contribution in [1.82, 2.24) is 0 Å². The summed E-state index contributed by atoms with van der Waals surface area (Å²) in [6.07, 6.45) is 15.8. The molecule has 1 aliphatic rings. The third-order valence-electron chi connectivity index (χ3n) is 5.38. The van der Waals surface area contributed by atoms with Crippen LogP contribution < -0.4 is 0 Å². The fourth-order valence-electron chi connectivity index (χ4n) is 3.68. The van der Waals surface area contributed by atoms with Gasteiger partial charge < -0.3 is 4.74 Å². The molecule has 0 N–H and O–H groups in total. The quantitative estimate of drug-likeness (QED) is 0.330. The van der Waals surface area contributed by atoms with E-state index in [9.17, 15) is 4.79 Å². The Balaban J connectivity index is 1.46. The number of ether oxygens (including phenoxy) is 1. The topological polar surface area (TPSA) is 26.3 Å². The summed E-state index contributed by atoms with van der Waals surface area (Å²) in [5, 5.41) is 0. The summed E-state index contributed by atoms with van der Waals surface area (Å²) in [5.74, 6) is 0.237. The van der Waals surface area contributed by atoms with E-state index in [0.29, 0.717) is 6.61 Å². The zero-order chi connectivity index (χ0) is 17.7. The van der Waals surface area contributed by atoms with Crippen molar-refractivity contribution < 1.29 is 9.53 Å². The first kappa shape index (κ1) is 20.0. The van der Waals surface area contributed by atoms with Crippen molar-refractivity contribution in [3.8, 4) is 0 Å². The number of rotatable bonds is 12. The lowest BCUT2D eigenvalue weighted by Crippen LogP contribution is -2.23. The SMILES string of the molecule is CCCCc1ccc(CCCCCCCCC2CCCOC2=O)cc1. The molecule has 1 aromatic rings. The van der Waals surface area contributed by atoms with Crippen molar-refractivity contribution in [2.75, 3.05) is 6.61 Å². The van der Waals surface area contributed by atoms with Crippen LogP contribution in [0.1, 0.15) is 88.7 Å². The van der Waals surface area contributed by atoms with Crippen LogP contribution in [0.15, 0.2) is 24.3 Å². The highest BCUT2D eigenvalue weighted by Gasteiger charge is 2.22. The van der Waals surface area contributed by atoms with Crippen molar-refractivity contribution >= 4 is 5.97 Å². The van der Waals surface area contributed by atoms with Crippen molar-refractivity contribution in [3.05, 3.63) is 35.4 Å². The molecular formula is C23H36O2. The normalized spacial score (nSPS) is 17.5. The van der Waals surface area contributed by atoms with Crippen LogP contribution in [0.4, 0.5) is 0 Å². The van der Waals surface area contributed by atoms with Gasteiger partial charge in [0.25, 0.3) is 0 Å². The van der Waals surface area contributed by atoms with Crippen LogP contribution in [-0.4, -0.2) is 12.6 Å². The van der Waals surface area contributed by atoms with Gasteiger partial charge >= 0.3 is 5.97 Å². The smallest absolute Gasteiger partial charge is 0.308 e. The summed E-state index contributed by atoms with van der Waals surface area (Å²) in [6, 6.07) is 9.24. The highest BCUT2D eigenvalue weighted by molar-refractivity contribution is 5.72. The monoisotopic (exact) mass is 344 g/mol. The number of carbonyl (C=O) groups is 1. The number of unbranched alkanes of at least 4 members (excludes halogenated alkanes) is 6. The average molecular weight is 345 g/mol. The highest BCUT2D eigenvalue weighted by Crippen LogP contribution is 2.22. The van der Waals surface area contributed by atoms with Gasteiger partial charge in [0.05, 0.1) is 12.5 Å². The summed E-state index contributed by atoms with van der Waals surface area (Å²) in [4.78, 5) is 11.6. The first-order chi connectivity index (χ1) is 12.3. The summed E-state index contributed by atoms with van der Waals surface area (Å²) >= 11 is 0. The van der Waals surface area contributed by atoms with Gasteiger partial charge in [-0.3, -0.25) is 4.79 Å². The van der Waals surface area contributed by atoms with Crippen molar-refractivity contribution in [3.63, 3.8) is 0 Å². The van der Waals surface area contributed by atoms with Gasteiger partial charge in [-0.25, -0.2) is 0 Å². The number of carbonyl (C=O) groups excluding carboxylic acids is 1. The maximum Gasteiger partial charge on any atom is 0.308 e. The third kappa shape index (κ3) is 8.07. The second kappa shape index (κ2) is 12.1. The molecule has 1 aliphatic heterocycles. The van der Waals surface area contributed by atoms with Crippen LogP contribution in [-0.2, 0) is 22.4 Å². The second-order valence-corrected chi connectivity index (χ2v) is 7.59. The molecule has 0 aromatic heterocycles. The summed E-state index contributed by atoms with van der Waals surface area (Å²) in [7, 11) is 0. The van der Waals surface area contributed by atoms with Gasteiger partial charge in [0.1, 0.15) is 0 Å². The van der Waals surface area contributed by atoms with E-state index in [4.69, 9.17) is 4.74 Å². The predicted octanol–water partition coefficient (Wildman–Crippen LogP) is 6.26. The molecule has 2 rings (SSSR count). The molecule has 0 radical (unpaired) electrons.